The average Bonchev–Trinajstić information content (AvgIpc) is 2.61. The Bertz CT molecular complexity index is 642. The van der Waals surface area contributed by atoms with Gasteiger partial charge < -0.3 is 15.5 Å². The molecule has 0 saturated carbocycles. The quantitative estimate of drug-likeness (QED) is 0.416. The van der Waals surface area contributed by atoms with E-state index in [1.54, 1.807) is 0 Å². The molecule has 5 nitrogen and oxygen atoms in total. The van der Waals surface area contributed by atoms with Gasteiger partial charge in [-0.05, 0) is 29.7 Å². The van der Waals surface area contributed by atoms with E-state index in [4.69, 9.17) is 10.6 Å². The summed E-state index contributed by atoms with van der Waals surface area (Å²) in [6.45, 7) is 0.806. The van der Waals surface area contributed by atoms with Crippen molar-refractivity contribution in [3.05, 3.63) is 71.8 Å². The number of nitrogens with one attached hydrogen (secondary N) is 2. The van der Waals surface area contributed by atoms with Crippen LogP contribution in [0.3, 0.4) is 0 Å². The zero-order valence-electron chi connectivity index (χ0n) is 12.9. The molecule has 0 unspecified atom stereocenters. The minimum atomic E-state index is -0.406. The average molecular weight is 311 g/mol. The number of rotatable bonds is 7. The first-order chi connectivity index (χ1) is 11.3. The number of hydrogen-bond donors (Lipinski definition) is 3. The molecule has 0 aliphatic rings. The predicted molar refractivity (Wildman–Crippen MR) is 92.5 cm³/mol. The third kappa shape index (κ3) is 6.23. The number of nitrogens with two attached hydrogens (primary N) is 1. The number of hydrazine groups is 1. The van der Waals surface area contributed by atoms with Crippen molar-refractivity contribution >= 4 is 17.9 Å². The fourth-order valence-electron chi connectivity index (χ4n) is 1.98. The number of benzene rings is 2. The van der Waals surface area contributed by atoms with Gasteiger partial charge in [-0.1, -0.05) is 54.6 Å². The molecule has 0 aromatic heterocycles. The second-order valence-electron chi connectivity index (χ2n) is 4.95. The number of amides is 1. The van der Waals surface area contributed by atoms with Crippen LogP contribution < -0.4 is 16.6 Å². The first kappa shape index (κ1) is 16.6. The molecule has 0 fully saturated rings. The molecule has 2 aromatic carbocycles. The van der Waals surface area contributed by atoms with Gasteiger partial charge >= 0.3 is 6.09 Å². The Kier molecular flexibility index (Phi) is 6.68. The molecule has 0 aliphatic carbocycles. The summed E-state index contributed by atoms with van der Waals surface area (Å²) in [5.41, 5.74) is 5.48. The van der Waals surface area contributed by atoms with E-state index in [1.165, 1.54) is 0 Å². The van der Waals surface area contributed by atoms with Crippen LogP contribution in [0, 0.1) is 0 Å². The van der Waals surface area contributed by atoms with Crippen molar-refractivity contribution in [3.63, 3.8) is 0 Å². The van der Waals surface area contributed by atoms with Gasteiger partial charge in [0.05, 0.1) is 0 Å². The number of hydrogen-bond acceptors (Lipinski definition) is 4. The van der Waals surface area contributed by atoms with Crippen molar-refractivity contribution in [2.75, 3.05) is 12.0 Å². The van der Waals surface area contributed by atoms with Gasteiger partial charge in [0.25, 0.3) is 0 Å². The number of alkyl carbamates (subject to hydrolysis) is 1. The van der Waals surface area contributed by atoms with E-state index in [0.717, 1.165) is 23.2 Å². The van der Waals surface area contributed by atoms with Crippen LogP contribution in [-0.4, -0.2) is 12.6 Å². The minimum absolute atomic E-state index is 0.279. The van der Waals surface area contributed by atoms with Crippen LogP contribution in [0.4, 0.5) is 10.5 Å². The van der Waals surface area contributed by atoms with Crippen LogP contribution in [0.2, 0.25) is 0 Å². The third-order valence-electron chi connectivity index (χ3n) is 3.16. The van der Waals surface area contributed by atoms with Gasteiger partial charge in [0.1, 0.15) is 6.61 Å². The van der Waals surface area contributed by atoms with Gasteiger partial charge in [-0.25, -0.2) is 4.79 Å². The van der Waals surface area contributed by atoms with E-state index >= 15 is 0 Å². The molecule has 0 spiro atoms. The Morgan fingerprint density at radius 1 is 1.13 bits per heavy atom. The Balaban J connectivity index is 1.64. The maximum atomic E-state index is 11.6. The number of ether oxygens (including phenoxy) is 1. The summed E-state index contributed by atoms with van der Waals surface area (Å²) >= 11 is 0. The molecule has 4 N–H and O–H groups in total. The smallest absolute Gasteiger partial charge is 0.407 e. The lowest BCUT2D eigenvalue weighted by Crippen LogP contribution is -2.24. The summed E-state index contributed by atoms with van der Waals surface area (Å²) in [6.07, 6.45) is 4.29. The maximum Gasteiger partial charge on any atom is 0.407 e. The van der Waals surface area contributed by atoms with Crippen molar-refractivity contribution in [3.8, 4) is 0 Å². The van der Waals surface area contributed by atoms with Crippen molar-refractivity contribution in [2.45, 2.75) is 13.0 Å². The lowest BCUT2D eigenvalue weighted by molar-refractivity contribution is 0.140. The summed E-state index contributed by atoms with van der Waals surface area (Å²) < 4.78 is 5.13. The fourth-order valence-corrected chi connectivity index (χ4v) is 1.98. The minimum Gasteiger partial charge on any atom is -0.445 e. The summed E-state index contributed by atoms with van der Waals surface area (Å²) in [5, 5.41) is 2.72. The SMILES string of the molecule is NNc1cccc(C=CCCNC(=O)OCc2ccccc2)c1. The summed E-state index contributed by atoms with van der Waals surface area (Å²) in [7, 11) is 0. The van der Waals surface area contributed by atoms with E-state index in [9.17, 15) is 4.79 Å². The van der Waals surface area contributed by atoms with Crippen LogP contribution in [-0.2, 0) is 11.3 Å². The Morgan fingerprint density at radius 2 is 1.96 bits per heavy atom. The number of nitrogen functional groups attached to an aromatic ring is 1. The van der Waals surface area contributed by atoms with Gasteiger partial charge in [0.15, 0.2) is 0 Å². The third-order valence-corrected chi connectivity index (χ3v) is 3.16. The highest BCUT2D eigenvalue weighted by Crippen LogP contribution is 2.10. The molecular formula is C18H21N3O2. The molecule has 2 rings (SSSR count). The highest BCUT2D eigenvalue weighted by Gasteiger charge is 2.00. The molecule has 2 aromatic rings. The van der Waals surface area contributed by atoms with Crippen LogP contribution >= 0.6 is 0 Å². The van der Waals surface area contributed by atoms with Gasteiger partial charge in [-0.15, -0.1) is 0 Å². The van der Waals surface area contributed by atoms with Gasteiger partial charge in [0.2, 0.25) is 0 Å². The topological polar surface area (TPSA) is 76.4 Å². The van der Waals surface area contributed by atoms with Crippen LogP contribution in [0.5, 0.6) is 0 Å². The molecule has 0 bridgehead atoms. The molecule has 0 saturated heterocycles. The predicted octanol–water partition coefficient (Wildman–Crippen LogP) is 3.30. The second-order valence-corrected chi connectivity index (χ2v) is 4.95. The highest BCUT2D eigenvalue weighted by atomic mass is 16.5. The summed E-state index contributed by atoms with van der Waals surface area (Å²) in [6, 6.07) is 17.3. The van der Waals surface area contributed by atoms with E-state index in [2.05, 4.69) is 10.7 Å². The fraction of sp³-hybridized carbons (Fsp3) is 0.167. The van der Waals surface area contributed by atoms with Crippen LogP contribution in [0.25, 0.3) is 6.08 Å². The van der Waals surface area contributed by atoms with Crippen molar-refractivity contribution < 1.29 is 9.53 Å². The lowest BCUT2D eigenvalue weighted by Gasteiger charge is -2.06. The maximum absolute atomic E-state index is 11.6. The summed E-state index contributed by atoms with van der Waals surface area (Å²) in [4.78, 5) is 11.6. The number of carbonyl (C=O) groups excluding carboxylic acids is 1. The lowest BCUT2D eigenvalue weighted by atomic mass is 10.2. The second kappa shape index (κ2) is 9.27. The van der Waals surface area contributed by atoms with E-state index in [1.807, 2.05) is 66.7 Å². The Labute approximate surface area is 136 Å². The Hall–Kier alpha value is -2.79. The molecule has 0 atom stereocenters. The Morgan fingerprint density at radius 3 is 2.74 bits per heavy atom. The molecule has 5 heteroatoms. The highest BCUT2D eigenvalue weighted by molar-refractivity contribution is 5.67. The van der Waals surface area contributed by atoms with Gasteiger partial charge in [0, 0.05) is 12.2 Å². The number of anilines is 1. The molecule has 0 heterocycles. The van der Waals surface area contributed by atoms with Crippen LogP contribution in [0.15, 0.2) is 60.7 Å². The van der Waals surface area contributed by atoms with Crippen molar-refractivity contribution in [2.24, 2.45) is 5.84 Å². The van der Waals surface area contributed by atoms with Crippen molar-refractivity contribution in [1.82, 2.24) is 5.32 Å². The normalized spacial score (nSPS) is 10.5. The largest absolute Gasteiger partial charge is 0.445 e. The standard InChI is InChI=1S/C18H21N3O2/c19-21-17-11-6-10-15(13-17)7-4-5-12-20-18(22)23-14-16-8-2-1-3-9-16/h1-4,6-11,13,21H,5,12,14,19H2,(H,20,22). The van der Waals surface area contributed by atoms with Gasteiger partial charge in [-0.3, -0.25) is 5.84 Å². The van der Waals surface area contributed by atoms with Gasteiger partial charge in [-0.2, -0.15) is 0 Å². The molecule has 0 aliphatic heterocycles. The van der Waals surface area contributed by atoms with Crippen molar-refractivity contribution in [1.29, 1.82) is 0 Å². The van der Waals surface area contributed by atoms with Crippen LogP contribution in [0.1, 0.15) is 17.5 Å². The number of carbonyl (C=O) groups is 1. The molecule has 0 radical (unpaired) electrons. The molecular weight excluding hydrogens is 290 g/mol. The summed E-state index contributed by atoms with van der Waals surface area (Å²) in [5.74, 6) is 5.36. The first-order valence-corrected chi connectivity index (χ1v) is 7.46. The molecule has 1 amide bonds. The zero-order chi connectivity index (χ0) is 16.3. The monoisotopic (exact) mass is 311 g/mol. The zero-order valence-corrected chi connectivity index (χ0v) is 12.9. The first-order valence-electron chi connectivity index (χ1n) is 7.46. The van der Waals surface area contributed by atoms with E-state index in [-0.39, 0.29) is 6.61 Å². The van der Waals surface area contributed by atoms with E-state index < -0.39 is 6.09 Å². The molecule has 120 valence electrons. The molecule has 23 heavy (non-hydrogen) atoms. The van der Waals surface area contributed by atoms with E-state index in [0.29, 0.717) is 6.54 Å².